The Morgan fingerprint density at radius 3 is 2.53 bits per heavy atom. The van der Waals surface area contributed by atoms with Crippen LogP contribution in [0.5, 0.6) is 0 Å². The van der Waals surface area contributed by atoms with Crippen molar-refractivity contribution in [2.24, 2.45) is 0 Å². The highest BCUT2D eigenvalue weighted by molar-refractivity contribution is 6.06. The van der Waals surface area contributed by atoms with Crippen LogP contribution in [0.4, 0.5) is 0 Å². The molecule has 98 valence electrons. The van der Waals surface area contributed by atoms with Gasteiger partial charge >= 0.3 is 0 Å². The second-order valence-electron chi connectivity index (χ2n) is 4.62. The Hall–Kier alpha value is -2.14. The van der Waals surface area contributed by atoms with E-state index in [1.165, 1.54) is 6.20 Å². The molecule has 1 saturated heterocycles. The van der Waals surface area contributed by atoms with E-state index in [0.29, 0.717) is 24.0 Å². The number of hydrogen-bond acceptors (Lipinski definition) is 3. The third-order valence-corrected chi connectivity index (χ3v) is 3.44. The van der Waals surface area contributed by atoms with Crippen molar-refractivity contribution in [1.82, 2.24) is 15.2 Å². The SMILES string of the molecule is O=C(c1c[nH]c(=O)c2ccccc12)N1CCNCC1. The zero-order valence-corrected chi connectivity index (χ0v) is 10.5. The van der Waals surface area contributed by atoms with Gasteiger partial charge in [0, 0.05) is 43.1 Å². The van der Waals surface area contributed by atoms with E-state index in [-0.39, 0.29) is 11.5 Å². The fraction of sp³-hybridized carbons (Fsp3) is 0.286. The van der Waals surface area contributed by atoms with Crippen molar-refractivity contribution in [2.45, 2.75) is 0 Å². The van der Waals surface area contributed by atoms with Gasteiger partial charge in [-0.3, -0.25) is 9.59 Å². The Labute approximate surface area is 110 Å². The maximum absolute atomic E-state index is 12.5. The van der Waals surface area contributed by atoms with E-state index < -0.39 is 0 Å². The topological polar surface area (TPSA) is 65.2 Å². The van der Waals surface area contributed by atoms with E-state index in [9.17, 15) is 9.59 Å². The van der Waals surface area contributed by atoms with Crippen molar-refractivity contribution < 1.29 is 4.79 Å². The highest BCUT2D eigenvalue weighted by Gasteiger charge is 2.20. The molecule has 1 aromatic heterocycles. The molecule has 3 rings (SSSR count). The fourth-order valence-electron chi connectivity index (χ4n) is 2.42. The number of rotatable bonds is 1. The molecule has 19 heavy (non-hydrogen) atoms. The Balaban J connectivity index is 2.07. The summed E-state index contributed by atoms with van der Waals surface area (Å²) >= 11 is 0. The molecule has 0 unspecified atom stereocenters. The van der Waals surface area contributed by atoms with E-state index in [1.807, 2.05) is 17.0 Å². The van der Waals surface area contributed by atoms with Crippen LogP contribution in [0.2, 0.25) is 0 Å². The van der Waals surface area contributed by atoms with E-state index >= 15 is 0 Å². The van der Waals surface area contributed by atoms with Crippen LogP contribution in [0.15, 0.2) is 35.3 Å². The molecular weight excluding hydrogens is 242 g/mol. The number of benzene rings is 1. The molecular formula is C14H15N3O2. The number of nitrogens with zero attached hydrogens (tertiary/aromatic N) is 1. The molecule has 0 spiro atoms. The molecule has 2 aromatic rings. The van der Waals surface area contributed by atoms with E-state index in [2.05, 4.69) is 10.3 Å². The van der Waals surface area contributed by atoms with Gasteiger partial charge in [0.05, 0.1) is 5.56 Å². The standard InChI is InChI=1S/C14H15N3O2/c18-13-11-4-2-1-3-10(11)12(9-16-13)14(19)17-7-5-15-6-8-17/h1-4,9,15H,5-8H2,(H,16,18). The predicted molar refractivity (Wildman–Crippen MR) is 73.3 cm³/mol. The summed E-state index contributed by atoms with van der Waals surface area (Å²) in [5.41, 5.74) is 0.407. The molecule has 5 nitrogen and oxygen atoms in total. The first-order chi connectivity index (χ1) is 9.27. The Morgan fingerprint density at radius 2 is 1.79 bits per heavy atom. The van der Waals surface area contributed by atoms with Crippen LogP contribution in [-0.2, 0) is 0 Å². The number of pyridine rings is 1. The van der Waals surface area contributed by atoms with Crippen LogP contribution in [-0.4, -0.2) is 42.0 Å². The monoisotopic (exact) mass is 257 g/mol. The van der Waals surface area contributed by atoms with Gasteiger partial charge in [0.2, 0.25) is 0 Å². The summed E-state index contributed by atoms with van der Waals surface area (Å²) in [7, 11) is 0. The first kappa shape index (κ1) is 11.9. The number of aromatic amines is 1. The molecule has 2 heterocycles. The van der Waals surface area contributed by atoms with Crippen molar-refractivity contribution in [1.29, 1.82) is 0 Å². The molecule has 0 bridgehead atoms. The summed E-state index contributed by atoms with van der Waals surface area (Å²) in [4.78, 5) is 28.7. The third kappa shape index (κ3) is 2.13. The summed E-state index contributed by atoms with van der Waals surface area (Å²) in [6.45, 7) is 3.03. The largest absolute Gasteiger partial charge is 0.336 e. The average molecular weight is 257 g/mol. The molecule has 0 radical (unpaired) electrons. The highest BCUT2D eigenvalue weighted by atomic mass is 16.2. The summed E-state index contributed by atoms with van der Waals surface area (Å²) in [5, 5.41) is 4.49. The molecule has 1 aliphatic heterocycles. The summed E-state index contributed by atoms with van der Waals surface area (Å²) in [6.07, 6.45) is 1.52. The van der Waals surface area contributed by atoms with Crippen molar-refractivity contribution in [2.75, 3.05) is 26.2 Å². The quantitative estimate of drug-likeness (QED) is 0.785. The van der Waals surface area contributed by atoms with Crippen molar-refractivity contribution in [3.63, 3.8) is 0 Å². The zero-order chi connectivity index (χ0) is 13.2. The second-order valence-corrected chi connectivity index (χ2v) is 4.62. The lowest BCUT2D eigenvalue weighted by Crippen LogP contribution is -2.46. The van der Waals surface area contributed by atoms with Crippen LogP contribution in [0.3, 0.4) is 0 Å². The van der Waals surface area contributed by atoms with Gasteiger partial charge in [-0.15, -0.1) is 0 Å². The molecule has 2 N–H and O–H groups in total. The molecule has 1 aromatic carbocycles. The lowest BCUT2D eigenvalue weighted by atomic mass is 10.1. The minimum Gasteiger partial charge on any atom is -0.336 e. The molecule has 1 aliphatic rings. The minimum absolute atomic E-state index is 0.0195. The lowest BCUT2D eigenvalue weighted by molar-refractivity contribution is 0.0737. The van der Waals surface area contributed by atoms with Crippen molar-refractivity contribution in [3.8, 4) is 0 Å². The minimum atomic E-state index is -0.160. The fourth-order valence-corrected chi connectivity index (χ4v) is 2.42. The maximum Gasteiger partial charge on any atom is 0.256 e. The zero-order valence-electron chi connectivity index (χ0n) is 10.5. The Bertz CT molecular complexity index is 672. The Morgan fingerprint density at radius 1 is 1.11 bits per heavy atom. The van der Waals surface area contributed by atoms with Crippen LogP contribution >= 0.6 is 0 Å². The third-order valence-electron chi connectivity index (χ3n) is 3.44. The lowest BCUT2D eigenvalue weighted by Gasteiger charge is -2.27. The molecule has 1 amide bonds. The highest BCUT2D eigenvalue weighted by Crippen LogP contribution is 2.16. The van der Waals surface area contributed by atoms with E-state index in [4.69, 9.17) is 0 Å². The van der Waals surface area contributed by atoms with Gasteiger partial charge in [-0.05, 0) is 6.07 Å². The van der Waals surface area contributed by atoms with Gasteiger partial charge in [-0.25, -0.2) is 0 Å². The van der Waals surface area contributed by atoms with Crippen LogP contribution < -0.4 is 10.9 Å². The first-order valence-corrected chi connectivity index (χ1v) is 6.38. The van der Waals surface area contributed by atoms with Gasteiger partial charge < -0.3 is 15.2 Å². The smallest absolute Gasteiger partial charge is 0.256 e. The van der Waals surface area contributed by atoms with E-state index in [0.717, 1.165) is 18.5 Å². The summed E-state index contributed by atoms with van der Waals surface area (Å²) in [6, 6.07) is 7.20. The molecule has 0 atom stereocenters. The summed E-state index contributed by atoms with van der Waals surface area (Å²) < 4.78 is 0. The molecule has 5 heteroatoms. The van der Waals surface area contributed by atoms with Gasteiger partial charge in [0.15, 0.2) is 0 Å². The number of aromatic nitrogens is 1. The molecule has 0 aliphatic carbocycles. The van der Waals surface area contributed by atoms with Crippen molar-refractivity contribution >= 4 is 16.7 Å². The molecule has 0 saturated carbocycles. The van der Waals surface area contributed by atoms with Gasteiger partial charge in [0.25, 0.3) is 11.5 Å². The average Bonchev–Trinajstić information content (AvgIpc) is 2.48. The van der Waals surface area contributed by atoms with Gasteiger partial charge in [0.1, 0.15) is 0 Å². The number of hydrogen-bond donors (Lipinski definition) is 2. The van der Waals surface area contributed by atoms with Gasteiger partial charge in [-0.2, -0.15) is 0 Å². The van der Waals surface area contributed by atoms with Gasteiger partial charge in [-0.1, -0.05) is 18.2 Å². The number of nitrogens with one attached hydrogen (secondary N) is 2. The summed E-state index contributed by atoms with van der Waals surface area (Å²) in [5.74, 6) is -0.0195. The first-order valence-electron chi connectivity index (χ1n) is 6.38. The maximum atomic E-state index is 12.5. The normalized spacial score (nSPS) is 15.7. The van der Waals surface area contributed by atoms with Crippen LogP contribution in [0.25, 0.3) is 10.8 Å². The van der Waals surface area contributed by atoms with Crippen molar-refractivity contribution in [3.05, 3.63) is 46.4 Å². The number of amides is 1. The number of H-pyrrole nitrogens is 1. The van der Waals surface area contributed by atoms with E-state index in [1.54, 1.807) is 12.1 Å². The number of fused-ring (bicyclic) bond motifs is 1. The van der Waals surface area contributed by atoms with Crippen LogP contribution in [0.1, 0.15) is 10.4 Å². The number of carbonyl (C=O) groups is 1. The van der Waals surface area contributed by atoms with Crippen LogP contribution in [0, 0.1) is 0 Å². The molecule has 1 fully saturated rings. The Kier molecular flexibility index (Phi) is 3.05. The second kappa shape index (κ2) is 4.85. The number of carbonyl (C=O) groups excluding carboxylic acids is 1. The predicted octanol–water partition coefficient (Wildman–Crippen LogP) is 0.573. The number of piperazine rings is 1.